The van der Waals surface area contributed by atoms with Gasteiger partial charge < -0.3 is 9.15 Å². The molecule has 0 atom stereocenters. The third kappa shape index (κ3) is 3.03. The Hall–Kier alpha value is -1.09. The van der Waals surface area contributed by atoms with Crippen LogP contribution in [-0.4, -0.2) is 18.5 Å². The Morgan fingerprint density at radius 2 is 2.23 bits per heavy atom. The predicted molar refractivity (Wildman–Crippen MR) is 48.9 cm³/mol. The summed E-state index contributed by atoms with van der Waals surface area (Å²) in [5, 5.41) is 0. The van der Waals surface area contributed by atoms with Crippen molar-refractivity contribution in [2.45, 2.75) is 26.9 Å². The van der Waals surface area contributed by atoms with Crippen LogP contribution in [0, 0.1) is 6.92 Å². The van der Waals surface area contributed by atoms with Crippen molar-refractivity contribution >= 4 is 5.78 Å². The number of aryl methyl sites for hydroxylation is 1. The summed E-state index contributed by atoms with van der Waals surface area (Å²) < 4.78 is 10.3. The first-order chi connectivity index (χ1) is 6.09. The average molecular weight is 182 g/mol. The number of furan rings is 1. The van der Waals surface area contributed by atoms with Crippen LogP contribution in [0.3, 0.4) is 0 Å². The van der Waals surface area contributed by atoms with Crippen LogP contribution in [0.5, 0.6) is 0 Å². The summed E-state index contributed by atoms with van der Waals surface area (Å²) >= 11 is 0. The molecule has 1 heterocycles. The van der Waals surface area contributed by atoms with Gasteiger partial charge in [0.05, 0.1) is 6.10 Å². The van der Waals surface area contributed by atoms with Crippen LogP contribution in [0.15, 0.2) is 16.5 Å². The molecule has 0 aliphatic rings. The molecule has 0 aromatic carbocycles. The lowest BCUT2D eigenvalue weighted by Crippen LogP contribution is -2.12. The van der Waals surface area contributed by atoms with E-state index in [-0.39, 0.29) is 18.5 Å². The fraction of sp³-hybridized carbons (Fsp3) is 0.500. The molecule has 0 saturated carbocycles. The fourth-order valence-electron chi connectivity index (χ4n) is 0.898. The van der Waals surface area contributed by atoms with Gasteiger partial charge in [-0.15, -0.1) is 0 Å². The number of Topliss-reactive ketones (excluding diaryl/α,β-unsaturated/α-hetero) is 1. The van der Waals surface area contributed by atoms with Gasteiger partial charge in [-0.2, -0.15) is 0 Å². The Balaban J connectivity index is 2.49. The van der Waals surface area contributed by atoms with E-state index in [2.05, 4.69) is 0 Å². The minimum absolute atomic E-state index is 0.0695. The molecule has 0 N–H and O–H groups in total. The molecular weight excluding hydrogens is 168 g/mol. The molecule has 1 aromatic rings. The van der Waals surface area contributed by atoms with Crippen molar-refractivity contribution in [2.75, 3.05) is 6.61 Å². The Kier molecular flexibility index (Phi) is 3.25. The Labute approximate surface area is 77.7 Å². The third-order valence-electron chi connectivity index (χ3n) is 1.56. The summed E-state index contributed by atoms with van der Waals surface area (Å²) in [6.45, 7) is 5.67. The highest BCUT2D eigenvalue weighted by molar-refractivity contribution is 5.94. The molecule has 1 aromatic heterocycles. The zero-order valence-corrected chi connectivity index (χ0v) is 8.16. The number of rotatable bonds is 4. The highest BCUT2D eigenvalue weighted by atomic mass is 16.5. The first-order valence-corrected chi connectivity index (χ1v) is 4.31. The standard InChI is InChI=1S/C10H14O3/c1-7(2)12-6-9(11)10-5-4-8(3)13-10/h4-5,7H,6H2,1-3H3. The smallest absolute Gasteiger partial charge is 0.223 e. The molecule has 0 aliphatic heterocycles. The molecule has 0 bridgehead atoms. The minimum atomic E-state index is -0.109. The lowest BCUT2D eigenvalue weighted by Gasteiger charge is -2.04. The molecule has 0 fully saturated rings. The number of ketones is 1. The van der Waals surface area contributed by atoms with Crippen LogP contribution < -0.4 is 0 Å². The fourth-order valence-corrected chi connectivity index (χ4v) is 0.898. The summed E-state index contributed by atoms with van der Waals surface area (Å²) in [6.07, 6.45) is 0.0695. The predicted octanol–water partition coefficient (Wildman–Crippen LogP) is 2.20. The Bertz CT molecular complexity index is 286. The molecule has 0 amide bonds. The van der Waals surface area contributed by atoms with Crippen LogP contribution in [0.4, 0.5) is 0 Å². The number of hydrogen-bond donors (Lipinski definition) is 0. The second-order valence-electron chi connectivity index (χ2n) is 3.19. The summed E-state index contributed by atoms with van der Waals surface area (Å²) in [4.78, 5) is 11.3. The average Bonchev–Trinajstić information content (AvgIpc) is 2.47. The third-order valence-corrected chi connectivity index (χ3v) is 1.56. The van der Waals surface area contributed by atoms with Crippen molar-refractivity contribution in [3.8, 4) is 0 Å². The molecule has 0 aliphatic carbocycles. The van der Waals surface area contributed by atoms with Gasteiger partial charge in [0.15, 0.2) is 5.76 Å². The van der Waals surface area contributed by atoms with Crippen LogP contribution >= 0.6 is 0 Å². The first-order valence-electron chi connectivity index (χ1n) is 4.31. The van der Waals surface area contributed by atoms with Gasteiger partial charge in [0.1, 0.15) is 12.4 Å². The van der Waals surface area contributed by atoms with E-state index in [4.69, 9.17) is 9.15 Å². The monoisotopic (exact) mass is 182 g/mol. The summed E-state index contributed by atoms with van der Waals surface area (Å²) in [5.74, 6) is 1.01. The largest absolute Gasteiger partial charge is 0.458 e. The minimum Gasteiger partial charge on any atom is -0.458 e. The summed E-state index contributed by atoms with van der Waals surface area (Å²) in [6, 6.07) is 3.43. The Morgan fingerprint density at radius 1 is 1.54 bits per heavy atom. The maximum absolute atomic E-state index is 11.3. The van der Waals surface area contributed by atoms with Crippen molar-refractivity contribution in [1.29, 1.82) is 0 Å². The normalized spacial score (nSPS) is 10.8. The van der Waals surface area contributed by atoms with Crippen molar-refractivity contribution in [3.05, 3.63) is 23.7 Å². The highest BCUT2D eigenvalue weighted by Gasteiger charge is 2.10. The van der Waals surface area contributed by atoms with E-state index in [1.165, 1.54) is 0 Å². The van der Waals surface area contributed by atoms with Gasteiger partial charge in [-0.1, -0.05) is 0 Å². The molecule has 3 heteroatoms. The van der Waals surface area contributed by atoms with Gasteiger partial charge in [-0.3, -0.25) is 4.79 Å². The van der Waals surface area contributed by atoms with Crippen molar-refractivity contribution < 1.29 is 13.9 Å². The van der Waals surface area contributed by atoms with Gasteiger partial charge in [0, 0.05) is 0 Å². The number of carbonyl (C=O) groups is 1. The lowest BCUT2D eigenvalue weighted by molar-refractivity contribution is 0.0562. The molecular formula is C10H14O3. The number of hydrogen-bond acceptors (Lipinski definition) is 3. The molecule has 0 radical (unpaired) electrons. The number of ether oxygens (including phenoxy) is 1. The van der Waals surface area contributed by atoms with Gasteiger partial charge in [-0.05, 0) is 32.9 Å². The molecule has 1 rings (SSSR count). The summed E-state index contributed by atoms with van der Waals surface area (Å²) in [5.41, 5.74) is 0. The SMILES string of the molecule is Cc1ccc(C(=O)COC(C)C)o1. The lowest BCUT2D eigenvalue weighted by atomic mass is 10.3. The van der Waals surface area contributed by atoms with E-state index < -0.39 is 0 Å². The van der Waals surface area contributed by atoms with Gasteiger partial charge in [0.25, 0.3) is 0 Å². The zero-order valence-electron chi connectivity index (χ0n) is 8.16. The van der Waals surface area contributed by atoms with E-state index in [1.54, 1.807) is 19.1 Å². The van der Waals surface area contributed by atoms with Gasteiger partial charge in [0.2, 0.25) is 5.78 Å². The molecule has 13 heavy (non-hydrogen) atoms. The van der Waals surface area contributed by atoms with E-state index in [9.17, 15) is 4.79 Å². The Morgan fingerprint density at radius 3 is 2.69 bits per heavy atom. The summed E-state index contributed by atoms with van der Waals surface area (Å²) in [7, 11) is 0. The second kappa shape index (κ2) is 4.23. The van der Waals surface area contributed by atoms with E-state index in [0.717, 1.165) is 5.76 Å². The first kappa shape index (κ1) is 9.99. The van der Waals surface area contributed by atoms with E-state index >= 15 is 0 Å². The van der Waals surface area contributed by atoms with Crippen LogP contribution in [-0.2, 0) is 4.74 Å². The highest BCUT2D eigenvalue weighted by Crippen LogP contribution is 2.07. The quantitative estimate of drug-likeness (QED) is 0.670. The molecule has 0 saturated heterocycles. The number of carbonyl (C=O) groups excluding carboxylic acids is 1. The maximum Gasteiger partial charge on any atom is 0.223 e. The van der Waals surface area contributed by atoms with Crippen molar-refractivity contribution in [2.24, 2.45) is 0 Å². The molecule has 3 nitrogen and oxygen atoms in total. The van der Waals surface area contributed by atoms with Gasteiger partial charge >= 0.3 is 0 Å². The van der Waals surface area contributed by atoms with Crippen molar-refractivity contribution in [3.63, 3.8) is 0 Å². The van der Waals surface area contributed by atoms with Crippen LogP contribution in [0.2, 0.25) is 0 Å². The molecule has 0 spiro atoms. The van der Waals surface area contributed by atoms with E-state index in [1.807, 2.05) is 13.8 Å². The second-order valence-corrected chi connectivity index (χ2v) is 3.19. The van der Waals surface area contributed by atoms with Crippen molar-refractivity contribution in [1.82, 2.24) is 0 Å². The zero-order chi connectivity index (χ0) is 9.84. The topological polar surface area (TPSA) is 39.4 Å². The molecule has 72 valence electrons. The van der Waals surface area contributed by atoms with E-state index in [0.29, 0.717) is 5.76 Å². The maximum atomic E-state index is 11.3. The van der Waals surface area contributed by atoms with Crippen LogP contribution in [0.25, 0.3) is 0 Å². The van der Waals surface area contributed by atoms with Crippen LogP contribution in [0.1, 0.15) is 30.2 Å². The molecule has 0 unspecified atom stereocenters. The van der Waals surface area contributed by atoms with Gasteiger partial charge in [-0.25, -0.2) is 0 Å².